The summed E-state index contributed by atoms with van der Waals surface area (Å²) in [7, 11) is 0. The number of ether oxygens (including phenoxy) is 1. The van der Waals surface area contributed by atoms with Crippen LogP contribution in [0.15, 0.2) is 96.0 Å². The molecule has 3 aromatic rings. The molecule has 40 heavy (non-hydrogen) atoms. The summed E-state index contributed by atoms with van der Waals surface area (Å²) in [5, 5.41) is 5.34. The molecule has 2 amide bonds. The summed E-state index contributed by atoms with van der Waals surface area (Å²) in [4.78, 5) is 43.3. The van der Waals surface area contributed by atoms with Crippen molar-refractivity contribution in [1.82, 2.24) is 10.6 Å². The maximum atomic E-state index is 13.5. The van der Waals surface area contributed by atoms with Crippen molar-refractivity contribution in [2.24, 2.45) is 16.5 Å². The van der Waals surface area contributed by atoms with Crippen molar-refractivity contribution >= 4 is 34.8 Å². The molecular formula is C30H35N5O4S. The number of carbonyl (C=O) groups is 3. The second-order valence-corrected chi connectivity index (χ2v) is 10.0. The van der Waals surface area contributed by atoms with E-state index in [-0.39, 0.29) is 24.1 Å². The van der Waals surface area contributed by atoms with Gasteiger partial charge in [0.15, 0.2) is 5.96 Å². The zero-order valence-electron chi connectivity index (χ0n) is 22.2. The molecule has 0 spiro atoms. The van der Waals surface area contributed by atoms with Gasteiger partial charge in [-0.25, -0.2) is 4.79 Å². The number of aliphatic imine (C=N–C) groups is 1. The molecule has 10 heteroatoms. The molecule has 2 atom stereocenters. The fourth-order valence-corrected chi connectivity index (χ4v) is 4.70. The lowest BCUT2D eigenvalue weighted by atomic mass is 10.0. The largest absolute Gasteiger partial charge is 0.445 e. The van der Waals surface area contributed by atoms with E-state index < -0.39 is 24.1 Å². The Balaban J connectivity index is 1.69. The van der Waals surface area contributed by atoms with E-state index in [0.717, 1.165) is 28.5 Å². The summed E-state index contributed by atoms with van der Waals surface area (Å²) >= 11 is 1.13. The Morgan fingerprint density at radius 3 is 1.95 bits per heavy atom. The van der Waals surface area contributed by atoms with Gasteiger partial charge in [0, 0.05) is 18.7 Å². The summed E-state index contributed by atoms with van der Waals surface area (Å²) in [5.74, 6) is -0.0511. The molecule has 0 saturated heterocycles. The minimum absolute atomic E-state index is 0.0356. The number of hydrogen-bond acceptors (Lipinski definition) is 6. The van der Waals surface area contributed by atoms with Crippen LogP contribution in [-0.4, -0.2) is 41.7 Å². The zero-order valence-corrected chi connectivity index (χ0v) is 23.0. The van der Waals surface area contributed by atoms with Gasteiger partial charge >= 0.3 is 6.09 Å². The Morgan fingerprint density at radius 1 is 0.775 bits per heavy atom. The SMILES string of the molecule is NC(N)=NCCCC(NC(=O)C(Cc1ccccc1)NC(=O)OCc1ccccc1)C(=O)SCc1ccccc1. The highest BCUT2D eigenvalue weighted by molar-refractivity contribution is 8.13. The van der Waals surface area contributed by atoms with E-state index in [0.29, 0.717) is 25.1 Å². The number of nitrogens with one attached hydrogen (secondary N) is 2. The average molecular weight is 562 g/mol. The highest BCUT2D eigenvalue weighted by Crippen LogP contribution is 2.17. The Hall–Kier alpha value is -4.31. The zero-order chi connectivity index (χ0) is 28.6. The normalized spacial score (nSPS) is 12.0. The second-order valence-electron chi connectivity index (χ2n) is 9.05. The molecule has 9 nitrogen and oxygen atoms in total. The summed E-state index contributed by atoms with van der Waals surface area (Å²) in [6.45, 7) is 0.386. The van der Waals surface area contributed by atoms with Gasteiger partial charge in [-0.2, -0.15) is 0 Å². The molecule has 0 aromatic heterocycles. The fourth-order valence-electron chi connectivity index (χ4n) is 3.82. The van der Waals surface area contributed by atoms with E-state index in [1.54, 1.807) is 0 Å². The lowest BCUT2D eigenvalue weighted by Gasteiger charge is -2.23. The number of thioether (sulfide) groups is 1. The number of carbonyl (C=O) groups excluding carboxylic acids is 3. The van der Waals surface area contributed by atoms with Gasteiger partial charge in [-0.1, -0.05) is 103 Å². The highest BCUT2D eigenvalue weighted by Gasteiger charge is 2.27. The van der Waals surface area contributed by atoms with E-state index >= 15 is 0 Å². The molecule has 0 aliphatic rings. The van der Waals surface area contributed by atoms with Crippen molar-refractivity contribution in [1.29, 1.82) is 0 Å². The van der Waals surface area contributed by atoms with Crippen molar-refractivity contribution in [2.75, 3.05) is 6.54 Å². The summed E-state index contributed by atoms with van der Waals surface area (Å²) in [6, 6.07) is 26.4. The number of amides is 2. The number of nitrogens with zero attached hydrogens (tertiary/aromatic N) is 1. The Kier molecular flexibility index (Phi) is 12.6. The average Bonchev–Trinajstić information content (AvgIpc) is 2.97. The minimum Gasteiger partial charge on any atom is -0.445 e. The highest BCUT2D eigenvalue weighted by atomic mass is 32.2. The Bertz CT molecular complexity index is 1240. The lowest BCUT2D eigenvalue weighted by molar-refractivity contribution is -0.126. The van der Waals surface area contributed by atoms with Crippen LogP contribution in [0.3, 0.4) is 0 Å². The van der Waals surface area contributed by atoms with E-state index in [9.17, 15) is 14.4 Å². The van der Waals surface area contributed by atoms with Crippen molar-refractivity contribution in [2.45, 2.75) is 43.7 Å². The van der Waals surface area contributed by atoms with Crippen molar-refractivity contribution in [3.8, 4) is 0 Å². The first-order chi connectivity index (χ1) is 19.4. The molecule has 0 fully saturated rings. The Morgan fingerprint density at radius 2 is 1.35 bits per heavy atom. The lowest BCUT2D eigenvalue weighted by Crippen LogP contribution is -2.52. The molecule has 3 aromatic carbocycles. The molecule has 3 rings (SSSR count). The second kappa shape index (κ2) is 16.6. The molecule has 6 N–H and O–H groups in total. The van der Waals surface area contributed by atoms with Crippen LogP contribution < -0.4 is 22.1 Å². The number of guanidine groups is 1. The van der Waals surface area contributed by atoms with Gasteiger partial charge in [0.05, 0.1) is 6.04 Å². The molecule has 210 valence electrons. The molecule has 0 aliphatic heterocycles. The number of alkyl carbamates (subject to hydrolysis) is 1. The van der Waals surface area contributed by atoms with Crippen molar-refractivity contribution in [3.63, 3.8) is 0 Å². The maximum absolute atomic E-state index is 13.5. The van der Waals surface area contributed by atoms with Crippen LogP contribution in [-0.2, 0) is 33.1 Å². The maximum Gasteiger partial charge on any atom is 0.408 e. The van der Waals surface area contributed by atoms with Crippen LogP contribution in [0.25, 0.3) is 0 Å². The van der Waals surface area contributed by atoms with Crippen LogP contribution in [0.5, 0.6) is 0 Å². The smallest absolute Gasteiger partial charge is 0.408 e. The predicted octanol–water partition coefficient (Wildman–Crippen LogP) is 3.52. The van der Waals surface area contributed by atoms with Crippen LogP contribution in [0.4, 0.5) is 4.79 Å². The summed E-state index contributed by atoms with van der Waals surface area (Å²) in [5.41, 5.74) is 13.5. The first kappa shape index (κ1) is 30.2. The fraction of sp³-hybridized carbons (Fsp3) is 0.267. The molecule has 0 radical (unpaired) electrons. The van der Waals surface area contributed by atoms with Crippen molar-refractivity contribution in [3.05, 3.63) is 108 Å². The van der Waals surface area contributed by atoms with Crippen LogP contribution in [0, 0.1) is 0 Å². The third kappa shape index (κ3) is 11.2. The summed E-state index contributed by atoms with van der Waals surface area (Å²) < 4.78 is 5.35. The van der Waals surface area contributed by atoms with E-state index in [2.05, 4.69) is 15.6 Å². The third-order valence-electron chi connectivity index (χ3n) is 5.87. The standard InChI is InChI=1S/C30H35N5O4S/c31-29(32)33-18-10-17-25(28(37)40-21-24-15-8-3-9-16-24)34-27(36)26(19-22-11-4-1-5-12-22)35-30(38)39-20-23-13-6-2-7-14-23/h1-9,11-16,25-26H,10,17-21H2,(H,34,36)(H,35,38)(H4,31,32,33). The number of rotatable bonds is 14. The molecule has 2 unspecified atom stereocenters. The quantitative estimate of drug-likeness (QED) is 0.134. The van der Waals surface area contributed by atoms with Gasteiger partial charge in [0.2, 0.25) is 11.0 Å². The number of benzene rings is 3. The minimum atomic E-state index is -0.960. The first-order valence-corrected chi connectivity index (χ1v) is 14.0. The number of hydrogen-bond donors (Lipinski definition) is 4. The van der Waals surface area contributed by atoms with Crippen LogP contribution >= 0.6 is 11.8 Å². The summed E-state index contributed by atoms with van der Waals surface area (Å²) in [6.07, 6.45) is 0.309. The van der Waals surface area contributed by atoms with Crippen LogP contribution in [0.1, 0.15) is 29.5 Å². The van der Waals surface area contributed by atoms with Gasteiger partial charge in [0.25, 0.3) is 0 Å². The molecule has 0 saturated carbocycles. The monoisotopic (exact) mass is 561 g/mol. The number of nitrogens with two attached hydrogens (primary N) is 2. The van der Waals surface area contributed by atoms with Gasteiger partial charge in [-0.3, -0.25) is 14.6 Å². The van der Waals surface area contributed by atoms with Gasteiger partial charge in [0.1, 0.15) is 12.6 Å². The topological polar surface area (TPSA) is 149 Å². The predicted molar refractivity (Wildman–Crippen MR) is 158 cm³/mol. The van der Waals surface area contributed by atoms with Gasteiger partial charge in [-0.15, -0.1) is 0 Å². The van der Waals surface area contributed by atoms with Gasteiger partial charge < -0.3 is 26.8 Å². The molecular weight excluding hydrogens is 526 g/mol. The first-order valence-electron chi connectivity index (χ1n) is 13.0. The Labute approximate surface area is 238 Å². The third-order valence-corrected chi connectivity index (χ3v) is 6.92. The molecule has 0 aliphatic carbocycles. The van der Waals surface area contributed by atoms with Gasteiger partial charge in [-0.05, 0) is 29.5 Å². The van der Waals surface area contributed by atoms with Crippen molar-refractivity contribution < 1.29 is 19.1 Å². The van der Waals surface area contributed by atoms with Crippen LogP contribution in [0.2, 0.25) is 0 Å². The van der Waals surface area contributed by atoms with E-state index in [1.165, 1.54) is 0 Å². The van der Waals surface area contributed by atoms with E-state index in [4.69, 9.17) is 16.2 Å². The van der Waals surface area contributed by atoms with E-state index in [1.807, 2.05) is 91.0 Å². The molecule has 0 bridgehead atoms. The molecule has 0 heterocycles.